The van der Waals surface area contributed by atoms with E-state index in [0.717, 1.165) is 18.1 Å². The monoisotopic (exact) mass is 408 g/mol. The molecule has 1 atom stereocenters. The van der Waals surface area contributed by atoms with Crippen LogP contribution in [0, 0.1) is 11.3 Å². The van der Waals surface area contributed by atoms with Crippen molar-refractivity contribution in [3.05, 3.63) is 52.5 Å². The summed E-state index contributed by atoms with van der Waals surface area (Å²) < 4.78 is 8.62. The third kappa shape index (κ3) is 4.88. The van der Waals surface area contributed by atoms with Gasteiger partial charge in [0.25, 0.3) is 0 Å². The minimum atomic E-state index is -0.0920. The number of nitrogens with zero attached hydrogens (tertiary/aromatic N) is 2. The zero-order chi connectivity index (χ0) is 18.0. The Morgan fingerprint density at radius 2 is 2.00 bits per heavy atom. The first kappa shape index (κ1) is 20.7. The summed E-state index contributed by atoms with van der Waals surface area (Å²) >= 11 is 12.6. The van der Waals surface area contributed by atoms with Gasteiger partial charge in [-0.05, 0) is 42.7 Å². The molecule has 0 amide bonds. The molecular weight excluding hydrogens is 379 g/mol. The van der Waals surface area contributed by atoms with Crippen LogP contribution in [0.15, 0.2) is 36.9 Å². The van der Waals surface area contributed by atoms with Gasteiger partial charge in [-0.1, -0.05) is 62.4 Å². The van der Waals surface area contributed by atoms with E-state index < -0.39 is 0 Å². The van der Waals surface area contributed by atoms with E-state index in [-0.39, 0.29) is 13.5 Å². The van der Waals surface area contributed by atoms with Gasteiger partial charge in [-0.25, -0.2) is 4.98 Å². The van der Waals surface area contributed by atoms with Crippen molar-refractivity contribution >= 4 is 23.2 Å². The maximum atomic E-state index is 6.56. The molecule has 0 saturated heterocycles. The number of fused-ring (bicyclic) bond motifs is 2. The molecule has 2 saturated carbocycles. The molecule has 1 aromatic carbocycles. The second-order valence-corrected chi connectivity index (χ2v) is 8.92. The fraction of sp³-hybridized carbons (Fsp3) is 0.591. The highest BCUT2D eigenvalue weighted by molar-refractivity contribution is 6.35. The van der Waals surface area contributed by atoms with E-state index in [0.29, 0.717) is 22.0 Å². The normalized spacial score (nSPS) is 25.6. The first-order valence-corrected chi connectivity index (χ1v) is 10.4. The molecule has 1 unspecified atom stereocenters. The van der Waals surface area contributed by atoms with Crippen LogP contribution in [-0.4, -0.2) is 16.2 Å². The van der Waals surface area contributed by atoms with Crippen molar-refractivity contribution in [1.82, 2.24) is 9.55 Å². The molecule has 2 aromatic rings. The predicted octanol–water partition coefficient (Wildman–Crippen LogP) is 6.94. The van der Waals surface area contributed by atoms with E-state index in [1.165, 1.54) is 44.9 Å². The molecule has 0 N–H and O–H groups in total. The van der Waals surface area contributed by atoms with Crippen LogP contribution in [-0.2, 0) is 11.3 Å². The van der Waals surface area contributed by atoms with E-state index in [1.54, 1.807) is 12.3 Å². The van der Waals surface area contributed by atoms with Gasteiger partial charge >= 0.3 is 0 Å². The number of rotatable bonds is 6. The second-order valence-electron chi connectivity index (χ2n) is 8.08. The second kappa shape index (κ2) is 8.98. The molecule has 5 heteroatoms. The van der Waals surface area contributed by atoms with Gasteiger partial charge < -0.3 is 9.30 Å². The van der Waals surface area contributed by atoms with Crippen LogP contribution in [0.2, 0.25) is 10.0 Å². The van der Waals surface area contributed by atoms with Crippen molar-refractivity contribution in [1.29, 1.82) is 0 Å². The minimum absolute atomic E-state index is 0. The summed E-state index contributed by atoms with van der Waals surface area (Å²) in [5.41, 5.74) is 1.37. The van der Waals surface area contributed by atoms with Gasteiger partial charge in [0.1, 0.15) is 6.10 Å². The number of hydrogen-bond donors (Lipinski definition) is 0. The van der Waals surface area contributed by atoms with E-state index in [9.17, 15) is 0 Å². The Balaban J connectivity index is 0.00000210. The summed E-state index contributed by atoms with van der Waals surface area (Å²) in [7, 11) is 0. The fourth-order valence-corrected chi connectivity index (χ4v) is 5.42. The standard InChI is InChI=1S/C21H26Cl2N2O.CH4/c22-17-5-6-18(19(23)11-17)20(13-25-10-9-24-15-25)26-14-21-7-1-3-16(12-21)4-2-8-21;/h5-6,9-11,15-16,20H,1-4,7-8,12-14H2;1H4. The Bertz CT molecular complexity index is 722. The van der Waals surface area contributed by atoms with Gasteiger partial charge in [0, 0.05) is 28.0 Å². The molecule has 2 fully saturated rings. The highest BCUT2D eigenvalue weighted by atomic mass is 35.5. The van der Waals surface area contributed by atoms with Crippen LogP contribution in [0.25, 0.3) is 0 Å². The molecule has 3 nitrogen and oxygen atoms in total. The van der Waals surface area contributed by atoms with Crippen molar-refractivity contribution in [2.75, 3.05) is 6.61 Å². The van der Waals surface area contributed by atoms with Gasteiger partial charge in [0.2, 0.25) is 0 Å². The molecule has 0 aliphatic heterocycles. The highest BCUT2D eigenvalue weighted by Crippen LogP contribution is 2.49. The zero-order valence-electron chi connectivity index (χ0n) is 15.0. The van der Waals surface area contributed by atoms with Crippen molar-refractivity contribution in [2.24, 2.45) is 11.3 Å². The van der Waals surface area contributed by atoms with Crippen molar-refractivity contribution in [3.8, 4) is 0 Å². The van der Waals surface area contributed by atoms with E-state index in [2.05, 4.69) is 9.55 Å². The minimum Gasteiger partial charge on any atom is -0.371 e. The maximum Gasteiger partial charge on any atom is 0.102 e. The van der Waals surface area contributed by atoms with Crippen LogP contribution in [0.3, 0.4) is 0 Å². The average Bonchev–Trinajstić information content (AvgIpc) is 3.12. The smallest absolute Gasteiger partial charge is 0.102 e. The molecule has 2 bridgehead atoms. The summed E-state index contributed by atoms with van der Waals surface area (Å²) in [4.78, 5) is 4.16. The molecule has 0 spiro atoms. The molecule has 1 heterocycles. The summed E-state index contributed by atoms with van der Waals surface area (Å²) in [5, 5.41) is 1.33. The number of ether oxygens (including phenoxy) is 1. The molecule has 2 aliphatic carbocycles. The Morgan fingerprint density at radius 1 is 1.22 bits per heavy atom. The van der Waals surface area contributed by atoms with E-state index in [4.69, 9.17) is 27.9 Å². The summed E-state index contributed by atoms with van der Waals surface area (Å²) in [6, 6.07) is 5.69. The Labute approximate surface area is 173 Å². The average molecular weight is 409 g/mol. The van der Waals surface area contributed by atoms with Crippen LogP contribution >= 0.6 is 23.2 Å². The van der Waals surface area contributed by atoms with Crippen LogP contribution in [0.5, 0.6) is 0 Å². The molecule has 0 radical (unpaired) electrons. The van der Waals surface area contributed by atoms with E-state index in [1.807, 2.05) is 24.7 Å². The van der Waals surface area contributed by atoms with Gasteiger partial charge in [0.15, 0.2) is 0 Å². The third-order valence-electron chi connectivity index (χ3n) is 6.20. The summed E-state index contributed by atoms with van der Waals surface area (Å²) in [6.45, 7) is 1.53. The lowest BCUT2D eigenvalue weighted by atomic mass is 9.62. The first-order chi connectivity index (χ1) is 12.6. The molecule has 1 aromatic heterocycles. The van der Waals surface area contributed by atoms with Crippen LogP contribution < -0.4 is 0 Å². The van der Waals surface area contributed by atoms with Crippen molar-refractivity contribution in [3.63, 3.8) is 0 Å². The van der Waals surface area contributed by atoms with Crippen molar-refractivity contribution < 1.29 is 4.74 Å². The largest absolute Gasteiger partial charge is 0.371 e. The Morgan fingerprint density at radius 3 is 2.67 bits per heavy atom. The predicted molar refractivity (Wildman–Crippen MR) is 112 cm³/mol. The van der Waals surface area contributed by atoms with Gasteiger partial charge in [0.05, 0.1) is 19.5 Å². The molecular formula is C22H30Cl2N2O. The lowest BCUT2D eigenvalue weighted by molar-refractivity contribution is -0.0587. The first-order valence-electron chi connectivity index (χ1n) is 9.66. The molecule has 4 rings (SSSR count). The Hall–Kier alpha value is -1.03. The summed E-state index contributed by atoms with van der Waals surface area (Å²) in [5.74, 6) is 0.910. The maximum absolute atomic E-state index is 6.56. The van der Waals surface area contributed by atoms with Crippen molar-refractivity contribution in [2.45, 2.75) is 65.0 Å². The zero-order valence-corrected chi connectivity index (χ0v) is 16.6. The lowest BCUT2D eigenvalue weighted by Crippen LogP contribution is -2.37. The lowest BCUT2D eigenvalue weighted by Gasteiger charge is -2.45. The van der Waals surface area contributed by atoms with Crippen LogP contribution in [0.4, 0.5) is 0 Å². The van der Waals surface area contributed by atoms with Crippen LogP contribution in [0.1, 0.15) is 64.0 Å². The molecule has 148 valence electrons. The summed E-state index contributed by atoms with van der Waals surface area (Å²) in [6.07, 6.45) is 14.9. The number of halogens is 2. The van der Waals surface area contributed by atoms with E-state index >= 15 is 0 Å². The number of imidazole rings is 1. The number of aromatic nitrogens is 2. The Kier molecular flexibility index (Phi) is 6.88. The number of hydrogen-bond acceptors (Lipinski definition) is 2. The van der Waals surface area contributed by atoms with Gasteiger partial charge in [-0.15, -0.1) is 0 Å². The molecule has 27 heavy (non-hydrogen) atoms. The SMILES string of the molecule is C.Clc1ccc(C(Cn2ccnc2)OCC23CCCC(CCC2)C3)c(Cl)c1. The quantitative estimate of drug-likeness (QED) is 0.516. The fourth-order valence-electron chi connectivity index (χ4n) is 4.89. The van der Waals surface area contributed by atoms with Gasteiger partial charge in [-0.2, -0.15) is 0 Å². The number of benzene rings is 1. The van der Waals surface area contributed by atoms with Gasteiger partial charge in [-0.3, -0.25) is 0 Å². The highest BCUT2D eigenvalue weighted by Gasteiger charge is 2.40. The molecule has 2 aliphatic rings. The topological polar surface area (TPSA) is 27.1 Å². The third-order valence-corrected chi connectivity index (χ3v) is 6.76.